The van der Waals surface area contributed by atoms with Crippen molar-refractivity contribution in [3.63, 3.8) is 0 Å². The molecule has 0 saturated heterocycles. The Morgan fingerprint density at radius 3 is 2.75 bits per heavy atom. The zero-order chi connectivity index (χ0) is 11.4. The van der Waals surface area contributed by atoms with Crippen molar-refractivity contribution in [3.8, 4) is 17.5 Å². The minimum Gasteiger partial charge on any atom is -0.411 e. The van der Waals surface area contributed by atoms with Crippen molar-refractivity contribution in [2.24, 2.45) is 0 Å². The maximum absolute atomic E-state index is 8.42. The molecule has 0 bridgehead atoms. The summed E-state index contributed by atoms with van der Waals surface area (Å²) >= 11 is 4.58. The molecule has 0 amide bonds. The molecule has 1 heterocycles. The summed E-state index contributed by atoms with van der Waals surface area (Å²) in [4.78, 5) is 0. The van der Waals surface area contributed by atoms with Gasteiger partial charge < -0.3 is 4.42 Å². The SMILES string of the molecule is N#CCSc1nnc(-c2ccc(Br)cc2)o1. The number of halogens is 1. The molecule has 0 aliphatic carbocycles. The van der Waals surface area contributed by atoms with Crippen LogP contribution in [0, 0.1) is 11.3 Å². The number of nitriles is 1. The molecular formula is C10H6BrN3OS. The molecule has 0 spiro atoms. The van der Waals surface area contributed by atoms with Crippen molar-refractivity contribution in [1.29, 1.82) is 5.26 Å². The van der Waals surface area contributed by atoms with Crippen LogP contribution in [0.2, 0.25) is 0 Å². The summed E-state index contributed by atoms with van der Waals surface area (Å²) in [5.41, 5.74) is 0.861. The van der Waals surface area contributed by atoms with Crippen molar-refractivity contribution < 1.29 is 4.42 Å². The number of nitrogens with zero attached hydrogens (tertiary/aromatic N) is 3. The summed E-state index contributed by atoms with van der Waals surface area (Å²) in [5.74, 6) is 0.773. The summed E-state index contributed by atoms with van der Waals surface area (Å²) in [6, 6.07) is 9.58. The molecule has 2 aromatic rings. The molecule has 2 rings (SSSR count). The van der Waals surface area contributed by atoms with Crippen molar-refractivity contribution in [1.82, 2.24) is 10.2 Å². The fraction of sp³-hybridized carbons (Fsp3) is 0.100. The third-order valence-corrected chi connectivity index (χ3v) is 2.97. The molecule has 6 heteroatoms. The Balaban J connectivity index is 2.18. The van der Waals surface area contributed by atoms with Crippen LogP contribution in [0.25, 0.3) is 11.5 Å². The molecular weight excluding hydrogens is 290 g/mol. The third-order valence-electron chi connectivity index (χ3n) is 1.76. The van der Waals surface area contributed by atoms with Crippen molar-refractivity contribution in [2.45, 2.75) is 5.22 Å². The lowest BCUT2D eigenvalue weighted by Crippen LogP contribution is -1.76. The fourth-order valence-electron chi connectivity index (χ4n) is 1.07. The zero-order valence-corrected chi connectivity index (χ0v) is 10.5. The van der Waals surface area contributed by atoms with Gasteiger partial charge >= 0.3 is 0 Å². The normalized spacial score (nSPS) is 10.0. The van der Waals surface area contributed by atoms with E-state index in [4.69, 9.17) is 9.68 Å². The molecule has 0 saturated carbocycles. The number of aromatic nitrogens is 2. The van der Waals surface area contributed by atoms with Gasteiger partial charge in [0.15, 0.2) is 0 Å². The zero-order valence-electron chi connectivity index (χ0n) is 8.05. The lowest BCUT2D eigenvalue weighted by molar-refractivity contribution is 0.466. The van der Waals surface area contributed by atoms with E-state index < -0.39 is 0 Å². The Labute approximate surface area is 105 Å². The molecule has 0 atom stereocenters. The average molecular weight is 296 g/mol. The van der Waals surface area contributed by atoms with E-state index in [1.807, 2.05) is 30.3 Å². The number of thioether (sulfide) groups is 1. The average Bonchev–Trinajstić information content (AvgIpc) is 2.76. The Hall–Kier alpha value is -1.32. The van der Waals surface area contributed by atoms with Gasteiger partial charge in [0.25, 0.3) is 5.22 Å². The minimum atomic E-state index is 0.308. The van der Waals surface area contributed by atoms with Crippen molar-refractivity contribution >= 4 is 27.7 Å². The van der Waals surface area contributed by atoms with E-state index in [1.165, 1.54) is 11.8 Å². The van der Waals surface area contributed by atoms with Gasteiger partial charge in [-0.05, 0) is 24.3 Å². The second-order valence-electron chi connectivity index (χ2n) is 2.83. The lowest BCUT2D eigenvalue weighted by atomic mass is 10.2. The maximum Gasteiger partial charge on any atom is 0.277 e. The molecule has 0 aliphatic rings. The van der Waals surface area contributed by atoms with Crippen LogP contribution in [-0.4, -0.2) is 16.0 Å². The molecule has 0 unspecified atom stereocenters. The summed E-state index contributed by atoms with van der Waals surface area (Å²) in [6.45, 7) is 0. The van der Waals surface area contributed by atoms with E-state index in [-0.39, 0.29) is 0 Å². The van der Waals surface area contributed by atoms with Crippen molar-refractivity contribution in [2.75, 3.05) is 5.75 Å². The maximum atomic E-state index is 8.42. The van der Waals surface area contributed by atoms with Gasteiger partial charge in [-0.3, -0.25) is 0 Å². The van der Waals surface area contributed by atoms with Crippen molar-refractivity contribution in [3.05, 3.63) is 28.7 Å². The highest BCUT2D eigenvalue weighted by Gasteiger charge is 2.08. The molecule has 1 aromatic carbocycles. The van der Waals surface area contributed by atoms with Crippen LogP contribution in [-0.2, 0) is 0 Å². The van der Waals surface area contributed by atoms with E-state index in [0.717, 1.165) is 10.0 Å². The topological polar surface area (TPSA) is 62.7 Å². The monoisotopic (exact) mass is 295 g/mol. The summed E-state index contributed by atoms with van der Waals surface area (Å²) in [6.07, 6.45) is 0. The molecule has 0 fully saturated rings. The molecule has 0 aliphatic heterocycles. The van der Waals surface area contributed by atoms with Crippen LogP contribution in [0.3, 0.4) is 0 Å². The second-order valence-corrected chi connectivity index (χ2v) is 4.67. The Bertz CT molecular complexity index is 518. The van der Waals surface area contributed by atoms with Crippen LogP contribution in [0.5, 0.6) is 0 Å². The quantitative estimate of drug-likeness (QED) is 0.814. The van der Waals surface area contributed by atoms with Crippen LogP contribution in [0.1, 0.15) is 0 Å². The predicted octanol–water partition coefficient (Wildman–Crippen LogP) is 3.11. The highest BCUT2D eigenvalue weighted by atomic mass is 79.9. The molecule has 0 radical (unpaired) electrons. The van der Waals surface area contributed by atoms with Gasteiger partial charge in [-0.15, -0.1) is 10.2 Å². The van der Waals surface area contributed by atoms with Crippen LogP contribution >= 0.6 is 27.7 Å². The fourth-order valence-corrected chi connectivity index (χ4v) is 1.76. The molecule has 80 valence electrons. The van der Waals surface area contributed by atoms with Crippen LogP contribution in [0.15, 0.2) is 38.4 Å². The van der Waals surface area contributed by atoms with E-state index >= 15 is 0 Å². The summed E-state index contributed by atoms with van der Waals surface area (Å²) < 4.78 is 6.38. The first-order chi connectivity index (χ1) is 7.79. The Kier molecular flexibility index (Phi) is 3.59. The van der Waals surface area contributed by atoms with Gasteiger partial charge in [-0.1, -0.05) is 27.7 Å². The van der Waals surface area contributed by atoms with Gasteiger partial charge in [0, 0.05) is 10.0 Å². The largest absolute Gasteiger partial charge is 0.411 e. The van der Waals surface area contributed by atoms with Gasteiger partial charge in [0.1, 0.15) is 0 Å². The van der Waals surface area contributed by atoms with E-state index in [2.05, 4.69) is 26.1 Å². The smallest absolute Gasteiger partial charge is 0.277 e. The van der Waals surface area contributed by atoms with E-state index in [1.54, 1.807) is 0 Å². The highest BCUT2D eigenvalue weighted by Crippen LogP contribution is 2.23. The highest BCUT2D eigenvalue weighted by molar-refractivity contribution is 9.10. The molecule has 16 heavy (non-hydrogen) atoms. The van der Waals surface area contributed by atoms with Gasteiger partial charge in [-0.2, -0.15) is 5.26 Å². The van der Waals surface area contributed by atoms with Gasteiger partial charge in [0.05, 0.1) is 11.8 Å². The molecule has 4 nitrogen and oxygen atoms in total. The summed E-state index contributed by atoms with van der Waals surface area (Å²) in [5, 5.41) is 16.6. The van der Waals surface area contributed by atoms with Crippen LogP contribution in [0.4, 0.5) is 0 Å². The predicted molar refractivity (Wildman–Crippen MR) is 63.8 cm³/mol. The third kappa shape index (κ3) is 2.62. The first-order valence-corrected chi connectivity index (χ1v) is 6.16. The van der Waals surface area contributed by atoms with E-state index in [0.29, 0.717) is 16.9 Å². The van der Waals surface area contributed by atoms with E-state index in [9.17, 15) is 0 Å². The first kappa shape index (κ1) is 11.2. The standard InChI is InChI=1S/C10H6BrN3OS/c11-8-3-1-7(2-4-8)9-13-14-10(15-9)16-6-5-12/h1-4H,6H2. The number of hydrogen-bond donors (Lipinski definition) is 0. The first-order valence-electron chi connectivity index (χ1n) is 4.39. The Morgan fingerprint density at radius 2 is 2.06 bits per heavy atom. The molecule has 1 aromatic heterocycles. The Morgan fingerprint density at radius 1 is 1.31 bits per heavy atom. The second kappa shape index (κ2) is 5.14. The number of benzene rings is 1. The van der Waals surface area contributed by atoms with Gasteiger partial charge in [0.2, 0.25) is 5.89 Å². The molecule has 0 N–H and O–H groups in total. The minimum absolute atomic E-state index is 0.308. The van der Waals surface area contributed by atoms with Crippen LogP contribution < -0.4 is 0 Å². The lowest BCUT2D eigenvalue weighted by Gasteiger charge is -1.93. The summed E-state index contributed by atoms with van der Waals surface area (Å²) in [7, 11) is 0. The number of hydrogen-bond acceptors (Lipinski definition) is 5. The number of rotatable bonds is 3. The van der Waals surface area contributed by atoms with Gasteiger partial charge in [-0.25, -0.2) is 0 Å².